The highest BCUT2D eigenvalue weighted by atomic mass is 32.1. The molecule has 2 aromatic rings. The van der Waals surface area contributed by atoms with Crippen molar-refractivity contribution in [3.63, 3.8) is 0 Å². The van der Waals surface area contributed by atoms with Crippen LogP contribution < -0.4 is 10.6 Å². The van der Waals surface area contributed by atoms with Gasteiger partial charge >= 0.3 is 5.00 Å². The normalized spacial score (nSPS) is 10.4. The Morgan fingerprint density at radius 2 is 2.17 bits per heavy atom. The topological polar surface area (TPSA) is 140 Å². The van der Waals surface area contributed by atoms with E-state index in [9.17, 15) is 24.8 Å². The number of phenols is 1. The number of anilines is 1. The van der Waals surface area contributed by atoms with Gasteiger partial charge in [-0.1, -0.05) is 6.92 Å². The van der Waals surface area contributed by atoms with Crippen LogP contribution in [0.4, 0.5) is 10.1 Å². The van der Waals surface area contributed by atoms with Crippen LogP contribution in [0.5, 0.6) is 5.75 Å². The summed E-state index contributed by atoms with van der Waals surface area (Å²) in [6, 6.07) is 3.70. The fourth-order valence-corrected chi connectivity index (χ4v) is 2.74. The molecule has 0 aliphatic rings. The van der Waals surface area contributed by atoms with E-state index in [0.717, 1.165) is 23.6 Å². The van der Waals surface area contributed by atoms with E-state index in [1.165, 1.54) is 17.0 Å². The van der Waals surface area contributed by atoms with E-state index in [0.29, 0.717) is 6.42 Å². The van der Waals surface area contributed by atoms with Gasteiger partial charge in [0.05, 0.1) is 10.5 Å². The summed E-state index contributed by atoms with van der Waals surface area (Å²) >= 11 is 0.765. The van der Waals surface area contributed by atoms with Crippen LogP contribution in [0.25, 0.3) is 0 Å². The van der Waals surface area contributed by atoms with Crippen molar-refractivity contribution in [2.75, 3.05) is 11.4 Å². The second kappa shape index (κ2) is 7.04. The minimum Gasteiger partial charge on any atom is -0.507 e. The van der Waals surface area contributed by atoms with Crippen molar-refractivity contribution in [1.82, 2.24) is 4.98 Å². The molecule has 0 aliphatic heterocycles. The molecule has 2 amide bonds. The van der Waals surface area contributed by atoms with Crippen LogP contribution in [0, 0.1) is 10.1 Å². The van der Waals surface area contributed by atoms with Crippen molar-refractivity contribution in [3.8, 4) is 5.75 Å². The Morgan fingerprint density at radius 3 is 2.67 bits per heavy atom. The number of aromatic nitrogens is 1. The first-order valence-corrected chi connectivity index (χ1v) is 7.71. The summed E-state index contributed by atoms with van der Waals surface area (Å²) < 4.78 is 0. The molecule has 1 aromatic heterocycles. The standard InChI is InChI=1S/C14H14N4O5S/c1-2-5-17(14-16-7-11(24-14)18(22)23)13(21)9-4-3-8(12(15)20)6-10(9)19/h3-4,6-7,19H,2,5H2,1H3,(H2,15,20). The molecule has 2 rings (SSSR count). The number of rotatable bonds is 6. The van der Waals surface area contributed by atoms with Gasteiger partial charge in [-0.3, -0.25) is 24.6 Å². The van der Waals surface area contributed by atoms with Gasteiger partial charge in [-0.2, -0.15) is 0 Å². The molecule has 1 heterocycles. The van der Waals surface area contributed by atoms with Gasteiger partial charge in [-0.05, 0) is 36.0 Å². The summed E-state index contributed by atoms with van der Waals surface area (Å²) in [6.45, 7) is 2.10. The van der Waals surface area contributed by atoms with Crippen LogP contribution in [-0.2, 0) is 0 Å². The molecule has 0 bridgehead atoms. The van der Waals surface area contributed by atoms with Gasteiger partial charge in [0.15, 0.2) is 5.13 Å². The number of carbonyl (C=O) groups excluding carboxylic acids is 2. The maximum atomic E-state index is 12.7. The van der Waals surface area contributed by atoms with Crippen molar-refractivity contribution in [3.05, 3.63) is 45.6 Å². The minimum absolute atomic E-state index is 0.0497. The zero-order valence-corrected chi connectivity index (χ0v) is 13.4. The monoisotopic (exact) mass is 350 g/mol. The summed E-state index contributed by atoms with van der Waals surface area (Å²) in [5, 5.41) is 20.7. The Morgan fingerprint density at radius 1 is 1.46 bits per heavy atom. The van der Waals surface area contributed by atoms with E-state index in [1.807, 2.05) is 6.92 Å². The van der Waals surface area contributed by atoms with Crippen LogP contribution in [0.15, 0.2) is 24.4 Å². The van der Waals surface area contributed by atoms with Crippen molar-refractivity contribution in [1.29, 1.82) is 0 Å². The second-order valence-corrected chi connectivity index (χ2v) is 5.78. The number of phenolic OH excluding ortho intramolecular Hbond substituents is 1. The number of hydrogen-bond acceptors (Lipinski definition) is 7. The fraction of sp³-hybridized carbons (Fsp3) is 0.214. The van der Waals surface area contributed by atoms with Gasteiger partial charge < -0.3 is 10.8 Å². The summed E-state index contributed by atoms with van der Waals surface area (Å²) in [7, 11) is 0. The number of nitro groups is 1. The summed E-state index contributed by atoms with van der Waals surface area (Å²) in [5.74, 6) is -1.71. The minimum atomic E-state index is -0.731. The zero-order valence-electron chi connectivity index (χ0n) is 12.6. The van der Waals surface area contributed by atoms with Gasteiger partial charge in [0.2, 0.25) is 5.91 Å². The first-order chi connectivity index (χ1) is 11.3. The third-order valence-corrected chi connectivity index (χ3v) is 4.07. The van der Waals surface area contributed by atoms with E-state index >= 15 is 0 Å². The largest absolute Gasteiger partial charge is 0.507 e. The van der Waals surface area contributed by atoms with Gasteiger partial charge in [-0.25, -0.2) is 4.98 Å². The first-order valence-electron chi connectivity index (χ1n) is 6.90. The Bertz CT molecular complexity index is 804. The Balaban J connectivity index is 2.38. The second-order valence-electron chi connectivity index (χ2n) is 4.79. The van der Waals surface area contributed by atoms with Crippen molar-refractivity contribution in [2.45, 2.75) is 13.3 Å². The molecule has 9 nitrogen and oxygen atoms in total. The van der Waals surface area contributed by atoms with Crippen LogP contribution in [0.2, 0.25) is 0 Å². The predicted octanol–water partition coefficient (Wildman–Crippen LogP) is 1.91. The number of nitrogens with two attached hydrogens (primary N) is 1. The molecule has 0 fully saturated rings. The van der Waals surface area contributed by atoms with Crippen LogP contribution in [0.3, 0.4) is 0 Å². The molecule has 3 N–H and O–H groups in total. The molecule has 1 aromatic carbocycles. The zero-order chi connectivity index (χ0) is 17.9. The van der Waals surface area contributed by atoms with Crippen molar-refractivity contribution < 1.29 is 19.6 Å². The highest BCUT2D eigenvalue weighted by Crippen LogP contribution is 2.31. The summed E-state index contributed by atoms with van der Waals surface area (Å²) in [6.07, 6.45) is 1.66. The molecule has 0 saturated carbocycles. The molecule has 0 saturated heterocycles. The van der Waals surface area contributed by atoms with Crippen LogP contribution >= 0.6 is 11.3 Å². The smallest absolute Gasteiger partial charge is 0.345 e. The first kappa shape index (κ1) is 17.3. The number of hydrogen-bond donors (Lipinski definition) is 2. The molecule has 24 heavy (non-hydrogen) atoms. The number of benzene rings is 1. The number of carbonyl (C=O) groups is 2. The lowest BCUT2D eigenvalue weighted by Gasteiger charge is -2.19. The van der Waals surface area contributed by atoms with Crippen molar-refractivity contribution >= 4 is 33.3 Å². The summed E-state index contributed by atoms with van der Waals surface area (Å²) in [4.78, 5) is 39.1. The molecule has 0 atom stereocenters. The maximum absolute atomic E-state index is 12.7. The van der Waals surface area contributed by atoms with E-state index in [2.05, 4.69) is 4.98 Å². The molecule has 126 valence electrons. The number of primary amides is 1. The number of aromatic hydroxyl groups is 1. The third-order valence-electron chi connectivity index (χ3n) is 3.10. The predicted molar refractivity (Wildman–Crippen MR) is 87.4 cm³/mol. The highest BCUT2D eigenvalue weighted by Gasteiger charge is 2.25. The van der Waals surface area contributed by atoms with Gasteiger partial charge in [0.25, 0.3) is 5.91 Å². The average Bonchev–Trinajstić information content (AvgIpc) is 3.01. The maximum Gasteiger partial charge on any atom is 0.345 e. The number of amides is 2. The van der Waals surface area contributed by atoms with Gasteiger partial charge in [0, 0.05) is 12.1 Å². The molecule has 0 aliphatic carbocycles. The fourth-order valence-electron chi connectivity index (χ4n) is 1.98. The SMILES string of the molecule is CCCN(C(=O)c1ccc(C(N)=O)cc1O)c1ncc([N+](=O)[O-])s1. The Labute approximate surface area is 140 Å². The summed E-state index contributed by atoms with van der Waals surface area (Å²) in [5.41, 5.74) is 5.14. The highest BCUT2D eigenvalue weighted by molar-refractivity contribution is 7.18. The molecule has 10 heteroatoms. The Kier molecular flexibility index (Phi) is 5.09. The molecular weight excluding hydrogens is 336 g/mol. The lowest BCUT2D eigenvalue weighted by atomic mass is 10.1. The van der Waals surface area contributed by atoms with E-state index in [4.69, 9.17) is 5.73 Å². The van der Waals surface area contributed by atoms with Crippen molar-refractivity contribution in [2.24, 2.45) is 5.73 Å². The van der Waals surface area contributed by atoms with E-state index in [1.54, 1.807) is 0 Å². The average molecular weight is 350 g/mol. The van der Waals surface area contributed by atoms with E-state index < -0.39 is 22.5 Å². The number of thiazole rings is 1. The van der Waals surface area contributed by atoms with Crippen LogP contribution in [-0.4, -0.2) is 33.4 Å². The number of nitrogens with zero attached hydrogens (tertiary/aromatic N) is 3. The quantitative estimate of drug-likeness (QED) is 0.602. The lowest BCUT2D eigenvalue weighted by molar-refractivity contribution is -0.380. The molecular formula is C14H14N4O5S. The molecule has 0 radical (unpaired) electrons. The van der Waals surface area contributed by atoms with E-state index in [-0.39, 0.29) is 27.8 Å². The van der Waals surface area contributed by atoms with Gasteiger partial charge in [-0.15, -0.1) is 0 Å². The lowest BCUT2D eigenvalue weighted by Crippen LogP contribution is -2.31. The van der Waals surface area contributed by atoms with Crippen LogP contribution in [0.1, 0.15) is 34.1 Å². The molecule has 0 unspecified atom stereocenters. The molecule has 0 spiro atoms. The Hall–Kier alpha value is -3.01. The third kappa shape index (κ3) is 3.49. The van der Waals surface area contributed by atoms with Gasteiger partial charge in [0.1, 0.15) is 11.9 Å².